The molecule has 0 aliphatic heterocycles. The largest absolute Gasteiger partial charge is 0.462 e. The molecule has 0 aliphatic carbocycles. The standard InChI is InChI=1S/C12H23NO4/c1-11(2,3)8-12(4,5)9(14)16-6-7-17-10(13)15/h6-8H2,1-5H3,(H2,13,15). The van der Waals surface area contributed by atoms with Crippen LogP contribution >= 0.6 is 0 Å². The van der Waals surface area contributed by atoms with Gasteiger partial charge in [0.1, 0.15) is 13.2 Å². The predicted molar refractivity (Wildman–Crippen MR) is 64.3 cm³/mol. The predicted octanol–water partition coefficient (Wildman–Crippen LogP) is 2.09. The van der Waals surface area contributed by atoms with Crippen LogP contribution in [0.1, 0.15) is 41.0 Å². The van der Waals surface area contributed by atoms with Gasteiger partial charge in [-0.25, -0.2) is 4.79 Å². The zero-order valence-electron chi connectivity index (χ0n) is 11.3. The van der Waals surface area contributed by atoms with E-state index < -0.39 is 11.5 Å². The van der Waals surface area contributed by atoms with E-state index in [9.17, 15) is 9.59 Å². The first-order chi connectivity index (χ1) is 7.54. The molecule has 0 fully saturated rings. The molecule has 1 amide bonds. The van der Waals surface area contributed by atoms with Crippen LogP contribution < -0.4 is 5.73 Å². The van der Waals surface area contributed by atoms with Crippen molar-refractivity contribution in [2.75, 3.05) is 13.2 Å². The van der Waals surface area contributed by atoms with E-state index in [1.807, 2.05) is 13.8 Å². The highest BCUT2D eigenvalue weighted by Gasteiger charge is 2.33. The van der Waals surface area contributed by atoms with E-state index in [4.69, 9.17) is 10.5 Å². The summed E-state index contributed by atoms with van der Waals surface area (Å²) in [4.78, 5) is 22.1. The second-order valence-corrected chi connectivity index (χ2v) is 5.92. The summed E-state index contributed by atoms with van der Waals surface area (Å²) in [7, 11) is 0. The van der Waals surface area contributed by atoms with Gasteiger partial charge in [0.2, 0.25) is 0 Å². The van der Waals surface area contributed by atoms with Crippen LogP contribution in [0.2, 0.25) is 0 Å². The average Bonchev–Trinajstić information content (AvgIpc) is 2.07. The Hall–Kier alpha value is -1.26. The van der Waals surface area contributed by atoms with Crippen LogP contribution in [0, 0.1) is 10.8 Å². The Morgan fingerprint density at radius 3 is 1.88 bits per heavy atom. The zero-order valence-corrected chi connectivity index (χ0v) is 11.3. The van der Waals surface area contributed by atoms with Crippen LogP contribution in [0.4, 0.5) is 4.79 Å². The maximum absolute atomic E-state index is 11.8. The van der Waals surface area contributed by atoms with E-state index in [0.29, 0.717) is 0 Å². The molecule has 5 nitrogen and oxygen atoms in total. The molecule has 0 aromatic heterocycles. The molecule has 0 heterocycles. The molecule has 0 aromatic carbocycles. The van der Waals surface area contributed by atoms with Gasteiger partial charge >= 0.3 is 12.1 Å². The summed E-state index contributed by atoms with van der Waals surface area (Å²) in [5.41, 5.74) is 4.27. The molecule has 0 saturated heterocycles. The van der Waals surface area contributed by atoms with Gasteiger partial charge in [0.05, 0.1) is 5.41 Å². The van der Waals surface area contributed by atoms with Gasteiger partial charge in [-0.1, -0.05) is 20.8 Å². The molecule has 0 unspecified atom stereocenters. The van der Waals surface area contributed by atoms with Gasteiger partial charge in [-0.3, -0.25) is 4.79 Å². The second kappa shape index (κ2) is 5.89. The quantitative estimate of drug-likeness (QED) is 0.594. The number of esters is 1. The van der Waals surface area contributed by atoms with Crippen molar-refractivity contribution in [2.24, 2.45) is 16.6 Å². The second-order valence-electron chi connectivity index (χ2n) is 5.92. The zero-order chi connectivity index (χ0) is 13.7. The highest BCUT2D eigenvalue weighted by atomic mass is 16.6. The smallest absolute Gasteiger partial charge is 0.404 e. The minimum Gasteiger partial charge on any atom is -0.462 e. The summed E-state index contributed by atoms with van der Waals surface area (Å²) in [5.74, 6) is -0.291. The topological polar surface area (TPSA) is 78.6 Å². The Labute approximate surface area is 103 Å². The molecule has 0 rings (SSSR count). The molecular weight excluding hydrogens is 222 g/mol. The molecule has 2 N–H and O–H groups in total. The number of amides is 1. The van der Waals surface area contributed by atoms with Gasteiger partial charge in [-0.05, 0) is 25.7 Å². The Morgan fingerprint density at radius 1 is 1.00 bits per heavy atom. The first-order valence-electron chi connectivity index (χ1n) is 5.64. The van der Waals surface area contributed by atoms with Crippen molar-refractivity contribution in [3.05, 3.63) is 0 Å². The summed E-state index contributed by atoms with van der Waals surface area (Å²) < 4.78 is 9.50. The number of primary amides is 1. The van der Waals surface area contributed by atoms with Crippen LogP contribution in [0.3, 0.4) is 0 Å². The van der Waals surface area contributed by atoms with Gasteiger partial charge < -0.3 is 15.2 Å². The summed E-state index contributed by atoms with van der Waals surface area (Å²) in [6.07, 6.45) is -0.148. The van der Waals surface area contributed by atoms with Crippen molar-refractivity contribution >= 4 is 12.1 Å². The van der Waals surface area contributed by atoms with Gasteiger partial charge in [-0.2, -0.15) is 0 Å². The fraction of sp³-hybridized carbons (Fsp3) is 0.833. The molecule has 0 saturated carbocycles. The first-order valence-corrected chi connectivity index (χ1v) is 5.64. The Bertz CT molecular complexity index is 279. The molecule has 0 aromatic rings. The maximum atomic E-state index is 11.8. The van der Waals surface area contributed by atoms with Crippen molar-refractivity contribution in [3.8, 4) is 0 Å². The lowest BCUT2D eigenvalue weighted by Gasteiger charge is -2.30. The summed E-state index contributed by atoms with van der Waals surface area (Å²) in [6, 6.07) is 0. The van der Waals surface area contributed by atoms with Gasteiger partial charge in [0.15, 0.2) is 0 Å². The molecule has 17 heavy (non-hydrogen) atoms. The Kier molecular flexibility index (Phi) is 5.45. The third-order valence-electron chi connectivity index (χ3n) is 2.09. The maximum Gasteiger partial charge on any atom is 0.404 e. The van der Waals surface area contributed by atoms with Crippen molar-refractivity contribution < 1.29 is 19.1 Å². The molecule has 0 aliphatic rings. The van der Waals surface area contributed by atoms with Crippen LogP contribution in [-0.4, -0.2) is 25.3 Å². The Balaban J connectivity index is 4.08. The van der Waals surface area contributed by atoms with Gasteiger partial charge in [0, 0.05) is 0 Å². The van der Waals surface area contributed by atoms with Gasteiger partial charge in [0.25, 0.3) is 0 Å². The number of nitrogens with two attached hydrogens (primary N) is 1. The molecule has 100 valence electrons. The van der Waals surface area contributed by atoms with E-state index in [2.05, 4.69) is 25.5 Å². The summed E-state index contributed by atoms with van der Waals surface area (Å²) in [5, 5.41) is 0. The number of hydrogen-bond donors (Lipinski definition) is 1. The lowest BCUT2D eigenvalue weighted by Crippen LogP contribution is -2.32. The molecule has 5 heteroatoms. The number of hydrogen-bond acceptors (Lipinski definition) is 4. The minimum atomic E-state index is -0.866. The van der Waals surface area contributed by atoms with E-state index in [0.717, 1.165) is 6.42 Å². The first kappa shape index (κ1) is 15.7. The van der Waals surface area contributed by atoms with E-state index >= 15 is 0 Å². The third kappa shape index (κ3) is 7.60. The van der Waals surface area contributed by atoms with Gasteiger partial charge in [-0.15, -0.1) is 0 Å². The molecular formula is C12H23NO4. The molecule has 0 spiro atoms. The fourth-order valence-corrected chi connectivity index (χ4v) is 1.87. The number of carbonyl (C=O) groups excluding carboxylic acids is 2. The van der Waals surface area contributed by atoms with E-state index in [1.165, 1.54) is 0 Å². The van der Waals surface area contributed by atoms with Crippen LogP contribution in [0.5, 0.6) is 0 Å². The summed E-state index contributed by atoms with van der Waals surface area (Å²) >= 11 is 0. The van der Waals surface area contributed by atoms with E-state index in [-0.39, 0.29) is 24.6 Å². The van der Waals surface area contributed by atoms with Crippen LogP contribution in [0.15, 0.2) is 0 Å². The van der Waals surface area contributed by atoms with Crippen molar-refractivity contribution in [1.29, 1.82) is 0 Å². The van der Waals surface area contributed by atoms with Crippen LogP contribution in [0.25, 0.3) is 0 Å². The highest BCUT2D eigenvalue weighted by molar-refractivity contribution is 5.76. The highest BCUT2D eigenvalue weighted by Crippen LogP contribution is 2.33. The lowest BCUT2D eigenvalue weighted by molar-refractivity contribution is -0.156. The minimum absolute atomic E-state index is 0.00727. The monoisotopic (exact) mass is 245 g/mol. The summed E-state index contributed by atoms with van der Waals surface area (Å²) in [6.45, 7) is 9.92. The fourth-order valence-electron chi connectivity index (χ4n) is 1.87. The van der Waals surface area contributed by atoms with E-state index in [1.54, 1.807) is 0 Å². The molecule has 0 bridgehead atoms. The SMILES string of the molecule is CC(C)(C)CC(C)(C)C(=O)OCCOC(N)=O. The normalized spacial score (nSPS) is 12.1. The number of ether oxygens (including phenoxy) is 2. The lowest BCUT2D eigenvalue weighted by atomic mass is 9.76. The molecule has 0 atom stereocenters. The van der Waals surface area contributed by atoms with Crippen molar-refractivity contribution in [3.63, 3.8) is 0 Å². The number of carbonyl (C=O) groups is 2. The van der Waals surface area contributed by atoms with Crippen molar-refractivity contribution in [2.45, 2.75) is 41.0 Å². The Morgan fingerprint density at radius 2 is 1.47 bits per heavy atom. The molecule has 0 radical (unpaired) electrons. The average molecular weight is 245 g/mol. The third-order valence-corrected chi connectivity index (χ3v) is 2.09. The van der Waals surface area contributed by atoms with Crippen molar-refractivity contribution in [1.82, 2.24) is 0 Å². The van der Waals surface area contributed by atoms with Crippen LogP contribution in [-0.2, 0) is 14.3 Å². The number of rotatable bonds is 5.